The van der Waals surface area contributed by atoms with Gasteiger partial charge in [0.1, 0.15) is 13.2 Å². The van der Waals surface area contributed by atoms with E-state index in [0.717, 1.165) is 0 Å². The molecule has 16 heteroatoms. The molecule has 0 radical (unpaired) electrons. The molecule has 4 N–H and O–H groups in total. The van der Waals surface area contributed by atoms with Crippen LogP contribution in [0.2, 0.25) is 0 Å². The number of urea groups is 1. The summed E-state index contributed by atoms with van der Waals surface area (Å²) in [6.07, 6.45) is 0.265. The second-order valence-corrected chi connectivity index (χ2v) is 11.2. The van der Waals surface area contributed by atoms with E-state index in [1.165, 1.54) is 25.5 Å². The van der Waals surface area contributed by atoms with Gasteiger partial charge in [-0.15, -0.1) is 0 Å². The number of aliphatic hydroxyl groups is 1. The van der Waals surface area contributed by atoms with E-state index in [4.69, 9.17) is 23.7 Å². The summed E-state index contributed by atoms with van der Waals surface area (Å²) in [4.78, 5) is 35.3. The van der Waals surface area contributed by atoms with Gasteiger partial charge in [-0.05, 0) is 77.7 Å². The van der Waals surface area contributed by atoms with E-state index in [0.29, 0.717) is 63.1 Å². The Morgan fingerprint density at radius 2 is 1.84 bits per heavy atom. The van der Waals surface area contributed by atoms with Crippen LogP contribution in [0.4, 0.5) is 10.5 Å². The summed E-state index contributed by atoms with van der Waals surface area (Å²) in [6, 6.07) is 13.3. The van der Waals surface area contributed by atoms with E-state index < -0.39 is 29.2 Å². The number of hydrogen-bond donors (Lipinski definition) is 4. The number of nitrogens with zero attached hydrogens (tertiary/aromatic N) is 2. The number of rotatable bonds is 16. The van der Waals surface area contributed by atoms with Crippen molar-refractivity contribution in [3.05, 3.63) is 97.1 Å². The number of non-ortho nitro benzene ring substituents is 1. The van der Waals surface area contributed by atoms with Gasteiger partial charge in [0.15, 0.2) is 29.2 Å². The molecule has 260 valence electrons. The van der Waals surface area contributed by atoms with E-state index in [9.17, 15) is 24.8 Å². The van der Waals surface area contributed by atoms with Crippen molar-refractivity contribution < 1.29 is 43.3 Å². The maximum absolute atomic E-state index is 12.5. The fourth-order valence-electron chi connectivity index (χ4n) is 4.80. The molecular weight excluding hydrogens is 706 g/mol. The minimum atomic E-state index is -1.21. The van der Waals surface area contributed by atoms with E-state index >= 15 is 0 Å². The van der Waals surface area contributed by atoms with Gasteiger partial charge in [-0.2, -0.15) is 5.10 Å². The Hall–Kier alpha value is -5.35. The first-order valence-electron chi connectivity index (χ1n) is 15.1. The van der Waals surface area contributed by atoms with Crippen molar-refractivity contribution in [3.8, 4) is 23.0 Å². The number of hydrazone groups is 1. The molecule has 1 heterocycles. The molecule has 0 saturated heterocycles. The Balaban J connectivity index is 1.40. The van der Waals surface area contributed by atoms with Gasteiger partial charge < -0.3 is 39.4 Å². The topological polar surface area (TPSA) is 192 Å². The molecule has 0 bridgehead atoms. The largest absolute Gasteiger partial charge is 0.490 e. The zero-order chi connectivity index (χ0) is 35.5. The van der Waals surface area contributed by atoms with Crippen LogP contribution in [0.15, 0.2) is 75.4 Å². The maximum atomic E-state index is 12.5. The van der Waals surface area contributed by atoms with Crippen molar-refractivity contribution in [2.24, 2.45) is 5.10 Å². The summed E-state index contributed by atoms with van der Waals surface area (Å²) in [5, 5.41) is 31.0. The third-order valence-corrected chi connectivity index (χ3v) is 7.53. The number of nitro groups is 1. The number of aliphatic hydroxyl groups excluding tert-OH is 1. The molecule has 49 heavy (non-hydrogen) atoms. The Bertz CT molecular complexity index is 1750. The number of carbonyl (C=O) groups is 2. The standard InChI is InChI=1S/C33H36BrN5O10/c1-5-46-26-15-22(30-29(32(41)45-4)19(3)36-33(42)37-30)10-11-25(26)48-18-28(40)38-35-16-21-13-24(34)31(27(14-21)47-6-2)49-17-20-8-7-9-23(12-20)39(43)44/h7-16,28,30,38,40H,5-6,17-18H2,1-4H3,(H2,36,37,42)/b35-16-/t28-,30+/m0/s1. The van der Waals surface area contributed by atoms with Crippen molar-refractivity contribution in [1.82, 2.24) is 16.1 Å². The quantitative estimate of drug-likeness (QED) is 0.0516. The number of hydrogen-bond acceptors (Lipinski definition) is 12. The molecule has 15 nitrogen and oxygen atoms in total. The summed E-state index contributed by atoms with van der Waals surface area (Å²) >= 11 is 3.49. The van der Waals surface area contributed by atoms with Crippen LogP contribution in [-0.2, 0) is 16.1 Å². The van der Waals surface area contributed by atoms with Gasteiger partial charge in [0.05, 0.1) is 47.5 Å². The van der Waals surface area contributed by atoms with Crippen LogP contribution < -0.4 is 35.0 Å². The molecule has 4 rings (SSSR count). The fraction of sp³-hybridized carbons (Fsp3) is 0.303. The van der Waals surface area contributed by atoms with Crippen LogP contribution in [0.1, 0.15) is 43.5 Å². The first-order chi connectivity index (χ1) is 23.5. The number of esters is 1. The van der Waals surface area contributed by atoms with E-state index in [-0.39, 0.29) is 24.5 Å². The predicted octanol–water partition coefficient (Wildman–Crippen LogP) is 4.86. The molecule has 0 aromatic heterocycles. The van der Waals surface area contributed by atoms with Crippen molar-refractivity contribution in [2.75, 3.05) is 26.9 Å². The lowest BCUT2D eigenvalue weighted by Gasteiger charge is -2.28. The number of carbonyl (C=O) groups excluding carboxylic acids is 2. The number of ether oxygens (including phenoxy) is 5. The molecule has 2 atom stereocenters. The first-order valence-corrected chi connectivity index (χ1v) is 15.9. The third kappa shape index (κ3) is 9.61. The molecule has 0 fully saturated rings. The molecule has 0 unspecified atom stereocenters. The molecular formula is C33H36BrN5O10. The van der Waals surface area contributed by atoms with Crippen molar-refractivity contribution in [3.63, 3.8) is 0 Å². The summed E-state index contributed by atoms with van der Waals surface area (Å²) in [5.41, 5.74) is 4.99. The van der Waals surface area contributed by atoms with Gasteiger partial charge in [-0.3, -0.25) is 15.5 Å². The van der Waals surface area contributed by atoms with E-state index in [1.54, 1.807) is 56.3 Å². The number of amides is 2. The van der Waals surface area contributed by atoms with Crippen LogP contribution in [-0.4, -0.2) is 61.4 Å². The van der Waals surface area contributed by atoms with Crippen molar-refractivity contribution >= 4 is 39.8 Å². The Kier molecular flexibility index (Phi) is 12.8. The zero-order valence-electron chi connectivity index (χ0n) is 27.2. The lowest BCUT2D eigenvalue weighted by atomic mass is 9.95. The molecule has 3 aromatic carbocycles. The average molecular weight is 743 g/mol. The van der Waals surface area contributed by atoms with Gasteiger partial charge in [0, 0.05) is 17.8 Å². The SMILES string of the molecule is CCOc1cc([C@H]2NC(=O)NC(C)=C2C(=O)OC)ccc1OC[C@H](O)N/N=C\c1cc(Br)c(OCc2cccc([N+](=O)[O-])c2)c(OCC)c1. The lowest BCUT2D eigenvalue weighted by Crippen LogP contribution is -2.45. The molecule has 1 aliphatic rings. The summed E-state index contributed by atoms with van der Waals surface area (Å²) in [7, 11) is 1.26. The van der Waals surface area contributed by atoms with E-state index in [2.05, 4.69) is 37.1 Å². The van der Waals surface area contributed by atoms with Crippen LogP contribution in [0.5, 0.6) is 23.0 Å². The second kappa shape index (κ2) is 17.2. The molecule has 0 aliphatic carbocycles. The average Bonchev–Trinajstić information content (AvgIpc) is 3.07. The van der Waals surface area contributed by atoms with Gasteiger partial charge >= 0.3 is 12.0 Å². The Morgan fingerprint density at radius 1 is 1.08 bits per heavy atom. The van der Waals surface area contributed by atoms with Gasteiger partial charge in [-0.1, -0.05) is 18.2 Å². The maximum Gasteiger partial charge on any atom is 0.337 e. The number of benzene rings is 3. The van der Waals surface area contributed by atoms with Crippen LogP contribution in [0.3, 0.4) is 0 Å². The summed E-state index contributed by atoms with van der Waals surface area (Å²) in [6.45, 7) is 5.77. The number of methoxy groups -OCH3 is 1. The minimum Gasteiger partial charge on any atom is -0.490 e. The van der Waals surface area contributed by atoms with Gasteiger partial charge in [-0.25, -0.2) is 9.59 Å². The van der Waals surface area contributed by atoms with Crippen LogP contribution >= 0.6 is 15.9 Å². The Morgan fingerprint density at radius 3 is 2.55 bits per heavy atom. The molecule has 0 saturated carbocycles. The third-order valence-electron chi connectivity index (χ3n) is 6.95. The molecule has 2 amide bonds. The monoisotopic (exact) mass is 741 g/mol. The van der Waals surface area contributed by atoms with Crippen molar-refractivity contribution in [2.45, 2.75) is 39.6 Å². The zero-order valence-corrected chi connectivity index (χ0v) is 28.7. The highest BCUT2D eigenvalue weighted by atomic mass is 79.9. The number of halogens is 1. The van der Waals surface area contributed by atoms with Gasteiger partial charge in [0.2, 0.25) is 0 Å². The highest BCUT2D eigenvalue weighted by Crippen LogP contribution is 2.38. The normalized spacial score (nSPS) is 14.8. The summed E-state index contributed by atoms with van der Waals surface area (Å²) < 4.78 is 28.7. The minimum absolute atomic E-state index is 0.0309. The molecule has 3 aromatic rings. The molecule has 0 spiro atoms. The molecule has 1 aliphatic heterocycles. The predicted molar refractivity (Wildman–Crippen MR) is 182 cm³/mol. The number of nitrogens with one attached hydrogen (secondary N) is 3. The highest BCUT2D eigenvalue weighted by Gasteiger charge is 2.32. The number of nitro benzene ring substituents is 1. The number of allylic oxidation sites excluding steroid dienone is 1. The van der Waals surface area contributed by atoms with Crippen LogP contribution in [0.25, 0.3) is 0 Å². The second-order valence-electron chi connectivity index (χ2n) is 10.4. The Labute approximate surface area is 290 Å². The highest BCUT2D eigenvalue weighted by molar-refractivity contribution is 9.10. The van der Waals surface area contributed by atoms with E-state index in [1.807, 2.05) is 6.92 Å². The summed E-state index contributed by atoms with van der Waals surface area (Å²) in [5.74, 6) is 0.909. The first kappa shape index (κ1) is 36.5. The van der Waals surface area contributed by atoms with Crippen LogP contribution in [0, 0.1) is 10.1 Å². The van der Waals surface area contributed by atoms with Crippen molar-refractivity contribution in [1.29, 1.82) is 0 Å². The smallest absolute Gasteiger partial charge is 0.337 e. The fourth-order valence-corrected chi connectivity index (χ4v) is 5.37. The lowest BCUT2D eigenvalue weighted by molar-refractivity contribution is -0.384. The van der Waals surface area contributed by atoms with Gasteiger partial charge in [0.25, 0.3) is 5.69 Å².